The lowest BCUT2D eigenvalue weighted by atomic mass is 10.1. The van der Waals surface area contributed by atoms with Crippen LogP contribution in [-0.4, -0.2) is 18.4 Å². The standard InChI is InChI=1S/C18H17ClN2O3/c19-13-6-4-12(5-7-13)2-1-3-17(22)20-14-8-9-15-16(10-14)24-11-18(23)21-15/h4-10H,1-3,11H2,(H,20,22)(H,21,23). The maximum Gasteiger partial charge on any atom is 0.262 e. The molecule has 24 heavy (non-hydrogen) atoms. The Morgan fingerprint density at radius 2 is 2.00 bits per heavy atom. The van der Waals surface area contributed by atoms with E-state index in [1.165, 1.54) is 0 Å². The third-order valence-electron chi connectivity index (χ3n) is 3.68. The molecule has 0 atom stereocenters. The summed E-state index contributed by atoms with van der Waals surface area (Å²) in [6, 6.07) is 12.8. The van der Waals surface area contributed by atoms with Crippen molar-refractivity contribution in [1.29, 1.82) is 0 Å². The van der Waals surface area contributed by atoms with Gasteiger partial charge in [0.1, 0.15) is 5.75 Å². The summed E-state index contributed by atoms with van der Waals surface area (Å²) in [6.45, 7) is -0.00844. The second-order valence-corrected chi connectivity index (χ2v) is 6.01. The van der Waals surface area contributed by atoms with Crippen LogP contribution in [0.2, 0.25) is 5.02 Å². The van der Waals surface area contributed by atoms with Gasteiger partial charge in [0.2, 0.25) is 5.91 Å². The van der Waals surface area contributed by atoms with E-state index in [0.717, 1.165) is 18.4 Å². The first-order valence-electron chi connectivity index (χ1n) is 7.71. The van der Waals surface area contributed by atoms with Gasteiger partial charge < -0.3 is 15.4 Å². The summed E-state index contributed by atoms with van der Waals surface area (Å²) in [7, 11) is 0. The van der Waals surface area contributed by atoms with Gasteiger partial charge in [0, 0.05) is 23.2 Å². The summed E-state index contributed by atoms with van der Waals surface area (Å²) in [5.74, 6) is 0.332. The Morgan fingerprint density at radius 1 is 1.21 bits per heavy atom. The molecule has 0 aromatic heterocycles. The van der Waals surface area contributed by atoms with E-state index in [4.69, 9.17) is 16.3 Å². The molecule has 0 unspecified atom stereocenters. The average Bonchev–Trinajstić information content (AvgIpc) is 2.57. The van der Waals surface area contributed by atoms with E-state index in [0.29, 0.717) is 28.6 Å². The highest BCUT2D eigenvalue weighted by atomic mass is 35.5. The molecular formula is C18H17ClN2O3. The number of anilines is 2. The summed E-state index contributed by atoms with van der Waals surface area (Å²) in [5.41, 5.74) is 2.43. The monoisotopic (exact) mass is 344 g/mol. The molecule has 0 radical (unpaired) electrons. The molecule has 0 saturated heterocycles. The quantitative estimate of drug-likeness (QED) is 0.870. The van der Waals surface area contributed by atoms with E-state index in [2.05, 4.69) is 10.6 Å². The van der Waals surface area contributed by atoms with Gasteiger partial charge in [0.25, 0.3) is 5.91 Å². The lowest BCUT2D eigenvalue weighted by Gasteiger charge is -2.18. The van der Waals surface area contributed by atoms with Crippen LogP contribution in [0.5, 0.6) is 5.75 Å². The van der Waals surface area contributed by atoms with Crippen molar-refractivity contribution in [2.45, 2.75) is 19.3 Å². The van der Waals surface area contributed by atoms with Gasteiger partial charge in [-0.3, -0.25) is 9.59 Å². The number of rotatable bonds is 5. The summed E-state index contributed by atoms with van der Waals surface area (Å²) in [6.07, 6.45) is 2.01. The molecule has 0 fully saturated rings. The molecule has 0 saturated carbocycles. The summed E-state index contributed by atoms with van der Waals surface area (Å²) < 4.78 is 5.33. The fourth-order valence-corrected chi connectivity index (χ4v) is 2.61. The number of carbonyl (C=O) groups excluding carboxylic acids is 2. The van der Waals surface area contributed by atoms with Gasteiger partial charge in [-0.05, 0) is 42.7 Å². The molecule has 1 aliphatic heterocycles. The zero-order chi connectivity index (χ0) is 16.9. The Bertz CT molecular complexity index is 759. The Labute approximate surface area is 145 Å². The van der Waals surface area contributed by atoms with Crippen molar-refractivity contribution >= 4 is 34.8 Å². The number of carbonyl (C=O) groups is 2. The van der Waals surface area contributed by atoms with Crippen molar-refractivity contribution in [3.8, 4) is 5.75 Å². The van der Waals surface area contributed by atoms with Crippen molar-refractivity contribution in [2.75, 3.05) is 17.2 Å². The minimum Gasteiger partial charge on any atom is -0.482 e. The van der Waals surface area contributed by atoms with Crippen molar-refractivity contribution in [3.05, 3.63) is 53.1 Å². The number of aryl methyl sites for hydroxylation is 1. The molecular weight excluding hydrogens is 328 g/mol. The van der Waals surface area contributed by atoms with Crippen molar-refractivity contribution in [2.24, 2.45) is 0 Å². The van der Waals surface area contributed by atoms with E-state index < -0.39 is 0 Å². The van der Waals surface area contributed by atoms with E-state index in [1.54, 1.807) is 18.2 Å². The molecule has 0 bridgehead atoms. The fourth-order valence-electron chi connectivity index (χ4n) is 2.48. The van der Waals surface area contributed by atoms with Crippen LogP contribution < -0.4 is 15.4 Å². The molecule has 124 valence electrons. The van der Waals surface area contributed by atoms with Crippen molar-refractivity contribution < 1.29 is 14.3 Å². The van der Waals surface area contributed by atoms with Gasteiger partial charge in [-0.25, -0.2) is 0 Å². The number of amides is 2. The molecule has 2 amide bonds. The highest BCUT2D eigenvalue weighted by Crippen LogP contribution is 2.30. The molecule has 2 aromatic rings. The molecule has 1 aliphatic rings. The highest BCUT2D eigenvalue weighted by molar-refractivity contribution is 6.30. The Morgan fingerprint density at radius 3 is 2.79 bits per heavy atom. The lowest BCUT2D eigenvalue weighted by Crippen LogP contribution is -2.25. The zero-order valence-electron chi connectivity index (χ0n) is 13.0. The SMILES string of the molecule is O=C(CCCc1ccc(Cl)cc1)Nc1ccc2c(c1)OCC(=O)N2. The Hall–Kier alpha value is -2.53. The van der Waals surface area contributed by atoms with Crippen molar-refractivity contribution in [1.82, 2.24) is 0 Å². The molecule has 3 rings (SSSR count). The van der Waals surface area contributed by atoms with Gasteiger partial charge in [0.05, 0.1) is 5.69 Å². The molecule has 0 spiro atoms. The minimum absolute atomic E-state index is 0.00844. The number of benzene rings is 2. The number of hydrogen-bond acceptors (Lipinski definition) is 3. The summed E-state index contributed by atoms with van der Waals surface area (Å²) in [4.78, 5) is 23.3. The second-order valence-electron chi connectivity index (χ2n) is 5.58. The number of fused-ring (bicyclic) bond motifs is 1. The lowest BCUT2D eigenvalue weighted by molar-refractivity contribution is -0.118. The molecule has 2 N–H and O–H groups in total. The Kier molecular flexibility index (Phi) is 5.01. The van der Waals surface area contributed by atoms with Crippen LogP contribution in [0.15, 0.2) is 42.5 Å². The van der Waals surface area contributed by atoms with Gasteiger partial charge in [-0.2, -0.15) is 0 Å². The van der Waals surface area contributed by atoms with Gasteiger partial charge in [-0.1, -0.05) is 23.7 Å². The third-order valence-corrected chi connectivity index (χ3v) is 3.93. The fraction of sp³-hybridized carbons (Fsp3) is 0.222. The molecule has 6 heteroatoms. The number of ether oxygens (including phenoxy) is 1. The Balaban J connectivity index is 1.50. The zero-order valence-corrected chi connectivity index (χ0v) is 13.7. The van der Waals surface area contributed by atoms with Crippen LogP contribution in [0.4, 0.5) is 11.4 Å². The van der Waals surface area contributed by atoms with E-state index in [-0.39, 0.29) is 18.4 Å². The van der Waals surface area contributed by atoms with Crippen LogP contribution in [0.3, 0.4) is 0 Å². The van der Waals surface area contributed by atoms with E-state index >= 15 is 0 Å². The number of hydrogen-bond donors (Lipinski definition) is 2. The van der Waals surface area contributed by atoms with Crippen LogP contribution >= 0.6 is 11.6 Å². The molecule has 0 aliphatic carbocycles. The third kappa shape index (κ3) is 4.26. The van der Waals surface area contributed by atoms with Crippen LogP contribution in [0.1, 0.15) is 18.4 Å². The normalized spacial score (nSPS) is 12.8. The van der Waals surface area contributed by atoms with Crippen LogP contribution in [0, 0.1) is 0 Å². The van der Waals surface area contributed by atoms with Crippen LogP contribution in [-0.2, 0) is 16.0 Å². The molecule has 2 aromatic carbocycles. The first-order chi connectivity index (χ1) is 11.6. The predicted octanol–water partition coefficient (Wildman–Crippen LogP) is 3.63. The van der Waals surface area contributed by atoms with Gasteiger partial charge in [0.15, 0.2) is 6.61 Å². The van der Waals surface area contributed by atoms with E-state index in [1.807, 2.05) is 24.3 Å². The first-order valence-corrected chi connectivity index (χ1v) is 8.09. The maximum absolute atomic E-state index is 12.0. The van der Waals surface area contributed by atoms with Crippen LogP contribution in [0.25, 0.3) is 0 Å². The molecule has 1 heterocycles. The maximum atomic E-state index is 12.0. The number of nitrogens with one attached hydrogen (secondary N) is 2. The van der Waals surface area contributed by atoms with Gasteiger partial charge >= 0.3 is 0 Å². The first kappa shape index (κ1) is 16.3. The molecule has 5 nitrogen and oxygen atoms in total. The minimum atomic E-state index is -0.179. The number of halogens is 1. The predicted molar refractivity (Wildman–Crippen MR) is 93.6 cm³/mol. The smallest absolute Gasteiger partial charge is 0.262 e. The topological polar surface area (TPSA) is 67.4 Å². The average molecular weight is 345 g/mol. The second kappa shape index (κ2) is 7.36. The van der Waals surface area contributed by atoms with Crippen molar-refractivity contribution in [3.63, 3.8) is 0 Å². The largest absolute Gasteiger partial charge is 0.482 e. The highest BCUT2D eigenvalue weighted by Gasteiger charge is 2.16. The van der Waals surface area contributed by atoms with Gasteiger partial charge in [-0.15, -0.1) is 0 Å². The summed E-state index contributed by atoms with van der Waals surface area (Å²) in [5, 5.41) is 6.27. The van der Waals surface area contributed by atoms with E-state index in [9.17, 15) is 9.59 Å². The summed E-state index contributed by atoms with van der Waals surface area (Å²) >= 11 is 5.85.